The molecule has 0 aromatic carbocycles. The summed E-state index contributed by atoms with van der Waals surface area (Å²) in [7, 11) is 0. The number of carbonyl (C=O) groups excluding carboxylic acids is 1. The Hall–Kier alpha value is -0.830. The second-order valence-electron chi connectivity index (χ2n) is 3.86. The molecule has 3 heteroatoms. The number of hydrogen-bond donors (Lipinski definition) is 1. The van der Waals surface area contributed by atoms with Gasteiger partial charge in [-0.3, -0.25) is 4.79 Å². The molecule has 1 aliphatic heterocycles. The van der Waals surface area contributed by atoms with Crippen molar-refractivity contribution in [3.05, 3.63) is 11.6 Å². The molecule has 0 aromatic rings. The Balaban J connectivity index is 2.51. The summed E-state index contributed by atoms with van der Waals surface area (Å²) in [4.78, 5) is 13.5. The fourth-order valence-corrected chi connectivity index (χ4v) is 1.47. The zero-order valence-electron chi connectivity index (χ0n) is 8.63. The van der Waals surface area contributed by atoms with Crippen molar-refractivity contribution in [3.8, 4) is 0 Å². The lowest BCUT2D eigenvalue weighted by molar-refractivity contribution is -0.127. The number of nitrogens with zero attached hydrogens (tertiary/aromatic N) is 1. The zero-order valence-corrected chi connectivity index (χ0v) is 8.63. The SMILES string of the molecule is CC(C)=CC(=O)N1CCNC(C)C1. The third-order valence-electron chi connectivity index (χ3n) is 2.09. The van der Waals surface area contributed by atoms with Crippen molar-refractivity contribution in [3.63, 3.8) is 0 Å². The van der Waals surface area contributed by atoms with Crippen molar-refractivity contribution in [1.82, 2.24) is 10.2 Å². The molecular formula is C10H18N2O. The Morgan fingerprint density at radius 3 is 2.77 bits per heavy atom. The van der Waals surface area contributed by atoms with Crippen molar-refractivity contribution in [1.29, 1.82) is 0 Å². The topological polar surface area (TPSA) is 32.3 Å². The van der Waals surface area contributed by atoms with Crippen LogP contribution in [0.1, 0.15) is 20.8 Å². The molecule has 0 bridgehead atoms. The fourth-order valence-electron chi connectivity index (χ4n) is 1.47. The molecule has 0 aromatic heterocycles. The van der Waals surface area contributed by atoms with E-state index in [4.69, 9.17) is 0 Å². The van der Waals surface area contributed by atoms with Crippen molar-refractivity contribution in [2.45, 2.75) is 26.8 Å². The summed E-state index contributed by atoms with van der Waals surface area (Å²) in [5.41, 5.74) is 1.07. The van der Waals surface area contributed by atoms with Gasteiger partial charge in [-0.05, 0) is 20.8 Å². The van der Waals surface area contributed by atoms with Crippen LogP contribution in [0.25, 0.3) is 0 Å². The van der Waals surface area contributed by atoms with Gasteiger partial charge in [-0.2, -0.15) is 0 Å². The van der Waals surface area contributed by atoms with E-state index in [1.807, 2.05) is 18.7 Å². The largest absolute Gasteiger partial charge is 0.336 e. The van der Waals surface area contributed by atoms with Crippen molar-refractivity contribution < 1.29 is 4.79 Å². The summed E-state index contributed by atoms with van der Waals surface area (Å²) in [6.07, 6.45) is 1.71. The molecule has 0 spiro atoms. The maximum absolute atomic E-state index is 11.6. The molecule has 1 fully saturated rings. The van der Waals surface area contributed by atoms with Crippen LogP contribution in [-0.2, 0) is 4.79 Å². The first-order valence-corrected chi connectivity index (χ1v) is 4.77. The van der Waals surface area contributed by atoms with Crippen LogP contribution in [0.3, 0.4) is 0 Å². The summed E-state index contributed by atoms with van der Waals surface area (Å²) in [5.74, 6) is 0.147. The summed E-state index contributed by atoms with van der Waals surface area (Å²) in [5, 5.41) is 3.31. The van der Waals surface area contributed by atoms with E-state index in [0.29, 0.717) is 6.04 Å². The summed E-state index contributed by atoms with van der Waals surface area (Å²) >= 11 is 0. The third-order valence-corrected chi connectivity index (χ3v) is 2.09. The molecule has 0 saturated carbocycles. The van der Waals surface area contributed by atoms with Gasteiger partial charge in [-0.15, -0.1) is 0 Å². The van der Waals surface area contributed by atoms with Crippen molar-refractivity contribution in [2.75, 3.05) is 19.6 Å². The highest BCUT2D eigenvalue weighted by Crippen LogP contribution is 2.01. The highest BCUT2D eigenvalue weighted by Gasteiger charge is 2.18. The summed E-state index contributed by atoms with van der Waals surface area (Å²) in [6.45, 7) is 8.55. The van der Waals surface area contributed by atoms with Gasteiger partial charge in [-0.25, -0.2) is 0 Å². The molecule has 1 atom stereocenters. The Bertz CT molecular complexity index is 219. The van der Waals surface area contributed by atoms with Gasteiger partial charge in [0.2, 0.25) is 5.91 Å². The minimum Gasteiger partial charge on any atom is -0.336 e. The highest BCUT2D eigenvalue weighted by atomic mass is 16.2. The van der Waals surface area contributed by atoms with Gasteiger partial charge in [0.1, 0.15) is 0 Å². The quantitative estimate of drug-likeness (QED) is 0.608. The molecule has 1 aliphatic rings. The van der Waals surface area contributed by atoms with Crippen molar-refractivity contribution in [2.24, 2.45) is 0 Å². The number of allylic oxidation sites excluding steroid dienone is 1. The van der Waals surface area contributed by atoms with Gasteiger partial charge < -0.3 is 10.2 Å². The van der Waals surface area contributed by atoms with E-state index in [0.717, 1.165) is 25.2 Å². The molecule has 1 amide bonds. The van der Waals surface area contributed by atoms with Crippen LogP contribution in [0.2, 0.25) is 0 Å². The van der Waals surface area contributed by atoms with Crippen LogP contribution in [0.15, 0.2) is 11.6 Å². The normalized spacial score (nSPS) is 22.7. The summed E-state index contributed by atoms with van der Waals surface area (Å²) < 4.78 is 0. The Morgan fingerprint density at radius 1 is 1.54 bits per heavy atom. The molecule has 0 radical (unpaired) electrons. The van der Waals surface area contributed by atoms with Crippen LogP contribution in [0.4, 0.5) is 0 Å². The molecule has 74 valence electrons. The lowest BCUT2D eigenvalue weighted by Crippen LogP contribution is -2.50. The lowest BCUT2D eigenvalue weighted by Gasteiger charge is -2.31. The minimum absolute atomic E-state index is 0.147. The van der Waals surface area contributed by atoms with Crippen LogP contribution in [0, 0.1) is 0 Å². The van der Waals surface area contributed by atoms with Crippen LogP contribution in [-0.4, -0.2) is 36.5 Å². The van der Waals surface area contributed by atoms with Crippen LogP contribution < -0.4 is 5.32 Å². The van der Waals surface area contributed by atoms with E-state index in [2.05, 4.69) is 12.2 Å². The molecule has 0 aliphatic carbocycles. The molecule has 13 heavy (non-hydrogen) atoms. The smallest absolute Gasteiger partial charge is 0.246 e. The molecule has 1 saturated heterocycles. The highest BCUT2D eigenvalue weighted by molar-refractivity contribution is 5.88. The van der Waals surface area contributed by atoms with E-state index < -0.39 is 0 Å². The van der Waals surface area contributed by atoms with E-state index in [9.17, 15) is 4.79 Å². The number of nitrogens with one attached hydrogen (secondary N) is 1. The third kappa shape index (κ3) is 3.19. The van der Waals surface area contributed by atoms with E-state index >= 15 is 0 Å². The van der Waals surface area contributed by atoms with Gasteiger partial charge in [0, 0.05) is 31.8 Å². The van der Waals surface area contributed by atoms with E-state index in [-0.39, 0.29) is 5.91 Å². The molecule has 1 unspecified atom stereocenters. The number of rotatable bonds is 1. The van der Waals surface area contributed by atoms with Gasteiger partial charge in [0.15, 0.2) is 0 Å². The predicted molar refractivity (Wildman–Crippen MR) is 53.5 cm³/mol. The van der Waals surface area contributed by atoms with Crippen LogP contribution in [0.5, 0.6) is 0 Å². The predicted octanol–water partition coefficient (Wildman–Crippen LogP) is 0.773. The minimum atomic E-state index is 0.147. The Kier molecular flexibility index (Phi) is 3.48. The van der Waals surface area contributed by atoms with E-state index in [1.54, 1.807) is 6.08 Å². The van der Waals surface area contributed by atoms with Crippen molar-refractivity contribution >= 4 is 5.91 Å². The lowest BCUT2D eigenvalue weighted by atomic mass is 10.2. The molecule has 1 heterocycles. The molecular weight excluding hydrogens is 164 g/mol. The number of piperazine rings is 1. The second-order valence-corrected chi connectivity index (χ2v) is 3.86. The maximum Gasteiger partial charge on any atom is 0.246 e. The summed E-state index contributed by atoms with van der Waals surface area (Å²) in [6, 6.07) is 0.420. The zero-order chi connectivity index (χ0) is 9.84. The monoisotopic (exact) mass is 182 g/mol. The standard InChI is InChI=1S/C10H18N2O/c1-8(2)6-10(13)12-5-4-11-9(3)7-12/h6,9,11H,4-5,7H2,1-3H3. The maximum atomic E-state index is 11.6. The molecule has 1 rings (SSSR count). The second kappa shape index (κ2) is 4.42. The average molecular weight is 182 g/mol. The number of carbonyl (C=O) groups is 1. The van der Waals surface area contributed by atoms with Crippen LogP contribution >= 0.6 is 0 Å². The van der Waals surface area contributed by atoms with Gasteiger partial charge in [-0.1, -0.05) is 5.57 Å². The van der Waals surface area contributed by atoms with E-state index in [1.165, 1.54) is 0 Å². The number of hydrogen-bond acceptors (Lipinski definition) is 2. The first-order valence-electron chi connectivity index (χ1n) is 4.77. The Labute approximate surface area is 79.8 Å². The first kappa shape index (κ1) is 10.3. The van der Waals surface area contributed by atoms with Gasteiger partial charge in [0.25, 0.3) is 0 Å². The first-order chi connectivity index (χ1) is 6.09. The molecule has 1 N–H and O–H groups in total. The fraction of sp³-hybridized carbons (Fsp3) is 0.700. The Morgan fingerprint density at radius 2 is 2.23 bits per heavy atom. The van der Waals surface area contributed by atoms with Gasteiger partial charge in [0.05, 0.1) is 0 Å². The molecule has 3 nitrogen and oxygen atoms in total. The van der Waals surface area contributed by atoms with Gasteiger partial charge >= 0.3 is 0 Å². The number of amides is 1. The average Bonchev–Trinajstić information content (AvgIpc) is 2.03.